The van der Waals surface area contributed by atoms with E-state index in [-0.39, 0.29) is 5.82 Å². The number of nitrogens with zero attached hydrogens (tertiary/aromatic N) is 2. The van der Waals surface area contributed by atoms with Gasteiger partial charge in [0.05, 0.1) is 4.90 Å². The van der Waals surface area contributed by atoms with E-state index in [0.717, 1.165) is 4.31 Å². The molecule has 0 fully saturated rings. The van der Waals surface area contributed by atoms with E-state index in [4.69, 9.17) is 0 Å². The van der Waals surface area contributed by atoms with Crippen LogP contribution in [0.15, 0.2) is 35.2 Å². The van der Waals surface area contributed by atoms with Crippen LogP contribution in [0.4, 0.5) is 19.0 Å². The Balaban J connectivity index is 2.52. The van der Waals surface area contributed by atoms with Gasteiger partial charge in [0, 0.05) is 12.7 Å². The molecule has 0 radical (unpaired) electrons. The first-order valence-corrected chi connectivity index (χ1v) is 7.24. The highest BCUT2D eigenvalue weighted by atomic mass is 32.2. The molecule has 2 aromatic rings. The van der Waals surface area contributed by atoms with E-state index in [1.165, 1.54) is 13.1 Å². The average molecular weight is 316 g/mol. The monoisotopic (exact) mass is 316 g/mol. The van der Waals surface area contributed by atoms with Gasteiger partial charge in [-0.3, -0.25) is 4.31 Å². The summed E-state index contributed by atoms with van der Waals surface area (Å²) < 4.78 is 64.6. The van der Waals surface area contributed by atoms with E-state index >= 15 is 0 Å². The van der Waals surface area contributed by atoms with Gasteiger partial charge in [0.1, 0.15) is 5.82 Å². The summed E-state index contributed by atoms with van der Waals surface area (Å²) in [6.07, 6.45) is 0. The second-order valence-corrected chi connectivity index (χ2v) is 6.28. The van der Waals surface area contributed by atoms with Crippen molar-refractivity contribution in [3.05, 3.63) is 53.5 Å². The topological polar surface area (TPSA) is 50.3 Å². The lowest BCUT2D eigenvalue weighted by atomic mass is 10.3. The summed E-state index contributed by atoms with van der Waals surface area (Å²) in [5, 5.41) is 0. The van der Waals surface area contributed by atoms with E-state index in [0.29, 0.717) is 17.8 Å². The average Bonchev–Trinajstić information content (AvgIpc) is 2.43. The minimum atomic E-state index is -4.25. The van der Waals surface area contributed by atoms with Gasteiger partial charge in [-0.2, -0.15) is 0 Å². The van der Waals surface area contributed by atoms with Crippen molar-refractivity contribution < 1.29 is 21.6 Å². The van der Waals surface area contributed by atoms with E-state index in [9.17, 15) is 21.6 Å². The van der Waals surface area contributed by atoms with Crippen LogP contribution in [0.1, 0.15) is 5.69 Å². The van der Waals surface area contributed by atoms with Crippen LogP contribution in [0.2, 0.25) is 0 Å². The Hall–Kier alpha value is -2.09. The Bertz CT molecular complexity index is 771. The van der Waals surface area contributed by atoms with Crippen LogP contribution in [0.5, 0.6) is 0 Å². The summed E-state index contributed by atoms with van der Waals surface area (Å²) in [7, 11) is -3.06. The van der Waals surface area contributed by atoms with Crippen LogP contribution in [-0.4, -0.2) is 20.4 Å². The predicted octanol–water partition coefficient (Wildman–Crippen LogP) is 2.63. The Morgan fingerprint density at radius 2 is 1.67 bits per heavy atom. The third-order valence-corrected chi connectivity index (χ3v) is 4.55. The van der Waals surface area contributed by atoms with Crippen molar-refractivity contribution in [2.24, 2.45) is 0 Å². The lowest BCUT2D eigenvalue weighted by Gasteiger charge is -2.19. The summed E-state index contributed by atoms with van der Waals surface area (Å²) in [4.78, 5) is 3.32. The fourth-order valence-electron chi connectivity index (χ4n) is 1.67. The standard InChI is InChI=1S/C13H11F3N2O2S/c1-8-4-3-5-12(17-8)18(2)21(19,20)9-6-10(14)13(16)11(15)7-9/h3-7H,1-2H3. The van der Waals surface area contributed by atoms with Crippen molar-refractivity contribution in [3.63, 3.8) is 0 Å². The fourth-order valence-corrected chi connectivity index (χ4v) is 2.84. The van der Waals surface area contributed by atoms with Crippen molar-refractivity contribution in [1.82, 2.24) is 4.98 Å². The van der Waals surface area contributed by atoms with Crippen LogP contribution < -0.4 is 4.31 Å². The molecule has 0 saturated heterocycles. The number of aromatic nitrogens is 1. The van der Waals surface area contributed by atoms with Crippen LogP contribution in [-0.2, 0) is 10.0 Å². The maximum atomic E-state index is 13.2. The molecule has 2 rings (SSSR count). The number of halogens is 3. The van der Waals surface area contributed by atoms with Crippen molar-refractivity contribution in [1.29, 1.82) is 0 Å². The Morgan fingerprint density at radius 1 is 1.10 bits per heavy atom. The lowest BCUT2D eigenvalue weighted by molar-refractivity contribution is 0.442. The van der Waals surface area contributed by atoms with Gasteiger partial charge in [0.2, 0.25) is 0 Å². The molecular weight excluding hydrogens is 305 g/mol. The Kier molecular flexibility index (Phi) is 3.91. The Labute approximate surface area is 119 Å². The maximum absolute atomic E-state index is 13.2. The summed E-state index contributed by atoms with van der Waals surface area (Å²) >= 11 is 0. The van der Waals surface area contributed by atoms with Gasteiger partial charge in [-0.1, -0.05) is 6.07 Å². The fraction of sp³-hybridized carbons (Fsp3) is 0.154. The third-order valence-electron chi connectivity index (χ3n) is 2.81. The Morgan fingerprint density at radius 3 is 2.19 bits per heavy atom. The van der Waals surface area contributed by atoms with Crippen molar-refractivity contribution in [3.8, 4) is 0 Å². The first-order valence-electron chi connectivity index (χ1n) is 5.80. The zero-order valence-corrected chi connectivity index (χ0v) is 12.0. The molecule has 0 aliphatic rings. The maximum Gasteiger partial charge on any atom is 0.265 e. The predicted molar refractivity (Wildman–Crippen MR) is 70.9 cm³/mol. The van der Waals surface area contributed by atoms with E-state index < -0.39 is 32.4 Å². The summed E-state index contributed by atoms with van der Waals surface area (Å²) in [6, 6.07) is 5.55. The first-order chi connectivity index (χ1) is 9.73. The molecule has 0 aliphatic carbocycles. The number of aryl methyl sites for hydroxylation is 1. The molecule has 0 aliphatic heterocycles. The minimum Gasteiger partial charge on any atom is -0.253 e. The molecule has 0 spiro atoms. The molecular formula is C13H11F3N2O2S. The van der Waals surface area contributed by atoms with Gasteiger partial charge in [-0.15, -0.1) is 0 Å². The van der Waals surface area contributed by atoms with Crippen molar-refractivity contribution in [2.75, 3.05) is 11.4 Å². The molecule has 0 N–H and O–H groups in total. The molecule has 8 heteroatoms. The molecule has 21 heavy (non-hydrogen) atoms. The second-order valence-electron chi connectivity index (χ2n) is 4.31. The molecule has 1 heterocycles. The summed E-state index contributed by atoms with van der Waals surface area (Å²) in [5.41, 5.74) is 0.575. The number of benzene rings is 1. The molecule has 4 nitrogen and oxygen atoms in total. The summed E-state index contributed by atoms with van der Waals surface area (Å²) in [5.74, 6) is -4.77. The van der Waals surface area contributed by atoms with Crippen LogP contribution in [0.25, 0.3) is 0 Å². The molecule has 1 aromatic heterocycles. The molecule has 0 unspecified atom stereocenters. The number of hydrogen-bond donors (Lipinski definition) is 0. The van der Waals surface area contributed by atoms with Crippen molar-refractivity contribution >= 4 is 15.8 Å². The quantitative estimate of drug-likeness (QED) is 0.818. The number of rotatable bonds is 3. The van der Waals surface area contributed by atoms with E-state index in [1.54, 1.807) is 19.1 Å². The van der Waals surface area contributed by atoms with E-state index in [2.05, 4.69) is 4.98 Å². The molecule has 0 amide bonds. The van der Waals surface area contributed by atoms with Crippen LogP contribution in [0, 0.1) is 24.4 Å². The van der Waals surface area contributed by atoms with Gasteiger partial charge in [0.25, 0.3) is 10.0 Å². The number of sulfonamides is 1. The molecule has 0 saturated carbocycles. The van der Waals surface area contributed by atoms with Crippen LogP contribution >= 0.6 is 0 Å². The minimum absolute atomic E-state index is 0.0835. The largest absolute Gasteiger partial charge is 0.265 e. The highest BCUT2D eigenvalue weighted by Crippen LogP contribution is 2.23. The van der Waals surface area contributed by atoms with Gasteiger partial charge >= 0.3 is 0 Å². The van der Waals surface area contributed by atoms with Gasteiger partial charge in [0.15, 0.2) is 17.5 Å². The molecule has 0 atom stereocenters. The number of hydrogen-bond acceptors (Lipinski definition) is 3. The normalized spacial score (nSPS) is 11.5. The van der Waals surface area contributed by atoms with Crippen molar-refractivity contribution in [2.45, 2.75) is 11.8 Å². The van der Waals surface area contributed by atoms with Gasteiger partial charge in [-0.25, -0.2) is 26.6 Å². The zero-order valence-electron chi connectivity index (χ0n) is 11.1. The van der Waals surface area contributed by atoms with Gasteiger partial charge in [-0.05, 0) is 31.2 Å². The third kappa shape index (κ3) is 2.85. The summed E-state index contributed by atoms with van der Waals surface area (Å²) in [6.45, 7) is 1.67. The molecule has 1 aromatic carbocycles. The SMILES string of the molecule is Cc1cccc(N(C)S(=O)(=O)c2cc(F)c(F)c(F)c2)n1. The number of anilines is 1. The second kappa shape index (κ2) is 5.36. The number of pyridine rings is 1. The lowest BCUT2D eigenvalue weighted by Crippen LogP contribution is -2.27. The smallest absolute Gasteiger partial charge is 0.253 e. The van der Waals surface area contributed by atoms with Gasteiger partial charge < -0.3 is 0 Å². The van der Waals surface area contributed by atoms with E-state index in [1.807, 2.05) is 0 Å². The highest BCUT2D eigenvalue weighted by Gasteiger charge is 2.25. The highest BCUT2D eigenvalue weighted by molar-refractivity contribution is 7.92. The van der Waals surface area contributed by atoms with Crippen LogP contribution in [0.3, 0.4) is 0 Å². The molecule has 0 bridgehead atoms. The molecule has 112 valence electrons. The zero-order chi connectivity index (χ0) is 15.8. The first kappa shape index (κ1) is 15.3.